The summed E-state index contributed by atoms with van der Waals surface area (Å²) in [5.74, 6) is 0.0541. The van der Waals surface area contributed by atoms with Crippen molar-refractivity contribution < 1.29 is 26.7 Å². The van der Waals surface area contributed by atoms with Crippen molar-refractivity contribution in [2.24, 2.45) is 0 Å². The maximum atomic E-state index is 12.8. The molecular weight excluding hydrogens is 329 g/mol. The number of nitrogens with zero attached hydrogens (tertiary/aromatic N) is 1. The van der Waals surface area contributed by atoms with Crippen LogP contribution in [0.4, 0.5) is 22.0 Å². The first kappa shape index (κ1) is 18.0. The first-order chi connectivity index (χ1) is 11.2. The number of benzene rings is 1. The van der Waals surface area contributed by atoms with Crippen LogP contribution in [0.2, 0.25) is 0 Å². The Bertz CT molecular complexity index is 659. The van der Waals surface area contributed by atoms with Crippen molar-refractivity contribution in [3.05, 3.63) is 59.8 Å². The van der Waals surface area contributed by atoms with Gasteiger partial charge in [0.15, 0.2) is 6.61 Å². The van der Waals surface area contributed by atoms with Gasteiger partial charge in [0.05, 0.1) is 6.54 Å². The first-order valence-corrected chi connectivity index (χ1v) is 7.11. The fourth-order valence-corrected chi connectivity index (χ4v) is 2.23. The molecule has 130 valence electrons. The molecule has 0 amide bonds. The van der Waals surface area contributed by atoms with E-state index in [-0.39, 0.29) is 5.75 Å². The highest BCUT2D eigenvalue weighted by atomic mass is 19.4. The summed E-state index contributed by atoms with van der Waals surface area (Å²) in [6.07, 6.45) is -3.53. The van der Waals surface area contributed by atoms with Crippen LogP contribution in [0.15, 0.2) is 54.3 Å². The molecule has 24 heavy (non-hydrogen) atoms. The van der Waals surface area contributed by atoms with Crippen LogP contribution in [0, 0.1) is 0 Å². The summed E-state index contributed by atoms with van der Waals surface area (Å²) in [6.45, 7) is 3.68. The molecule has 7 heteroatoms. The Morgan fingerprint density at radius 1 is 1.12 bits per heavy atom. The van der Waals surface area contributed by atoms with Crippen LogP contribution in [-0.2, 0) is 0 Å². The molecule has 0 aromatic heterocycles. The van der Waals surface area contributed by atoms with Crippen LogP contribution in [0.1, 0.15) is 12.5 Å². The van der Waals surface area contributed by atoms with Gasteiger partial charge in [-0.15, -0.1) is 0 Å². The van der Waals surface area contributed by atoms with E-state index >= 15 is 0 Å². The van der Waals surface area contributed by atoms with E-state index in [2.05, 4.69) is 11.3 Å². The standard InChI is InChI=1S/C17H16F5NO/c1-11-3-8-15(23(12(11)2)9-16(18)19)13-4-6-14(7-5-13)24-10-17(20,21)22/h3-8,16H,2,9-10H2,1H3. The van der Waals surface area contributed by atoms with E-state index in [9.17, 15) is 22.0 Å². The molecule has 2 rings (SSSR count). The highest BCUT2D eigenvalue weighted by Gasteiger charge is 2.28. The third kappa shape index (κ3) is 4.59. The van der Waals surface area contributed by atoms with Gasteiger partial charge in [0, 0.05) is 11.4 Å². The minimum absolute atomic E-state index is 0.0541. The summed E-state index contributed by atoms with van der Waals surface area (Å²) in [7, 11) is 0. The van der Waals surface area contributed by atoms with E-state index in [1.807, 2.05) is 0 Å². The maximum Gasteiger partial charge on any atom is 0.422 e. The van der Waals surface area contributed by atoms with Gasteiger partial charge >= 0.3 is 6.18 Å². The highest BCUT2D eigenvalue weighted by Crippen LogP contribution is 2.32. The molecule has 0 aliphatic carbocycles. The van der Waals surface area contributed by atoms with Crippen LogP contribution < -0.4 is 4.74 Å². The molecule has 1 aliphatic rings. The third-order valence-corrected chi connectivity index (χ3v) is 3.44. The van der Waals surface area contributed by atoms with Gasteiger partial charge in [0.25, 0.3) is 6.43 Å². The summed E-state index contributed by atoms with van der Waals surface area (Å²) in [5, 5.41) is 0. The van der Waals surface area contributed by atoms with Gasteiger partial charge in [0.1, 0.15) is 5.75 Å². The molecule has 2 nitrogen and oxygen atoms in total. The molecule has 1 aromatic carbocycles. The fourth-order valence-electron chi connectivity index (χ4n) is 2.23. The quantitative estimate of drug-likeness (QED) is 0.696. The SMILES string of the molecule is C=C1C(C)=CC=C(c2ccc(OCC(F)(F)F)cc2)N1CC(F)F. The molecule has 0 N–H and O–H groups in total. The second-order valence-corrected chi connectivity index (χ2v) is 5.28. The van der Waals surface area contributed by atoms with Crippen molar-refractivity contribution in [2.75, 3.05) is 13.2 Å². The molecule has 0 bridgehead atoms. The Balaban J connectivity index is 2.21. The largest absolute Gasteiger partial charge is 0.484 e. The van der Waals surface area contributed by atoms with Gasteiger partial charge in [-0.2, -0.15) is 13.2 Å². The number of ether oxygens (including phenoxy) is 1. The lowest BCUT2D eigenvalue weighted by Crippen LogP contribution is -2.28. The molecule has 0 radical (unpaired) electrons. The van der Waals surface area contributed by atoms with E-state index in [0.717, 1.165) is 5.57 Å². The van der Waals surface area contributed by atoms with Gasteiger partial charge in [-0.05, 0) is 48.4 Å². The molecule has 0 saturated carbocycles. The average molecular weight is 345 g/mol. The van der Waals surface area contributed by atoms with Gasteiger partial charge in [-0.3, -0.25) is 0 Å². The van der Waals surface area contributed by atoms with E-state index in [1.165, 1.54) is 29.2 Å². The van der Waals surface area contributed by atoms with Crippen LogP contribution in [0.3, 0.4) is 0 Å². The first-order valence-electron chi connectivity index (χ1n) is 7.11. The van der Waals surface area contributed by atoms with Crippen LogP contribution in [0.25, 0.3) is 5.70 Å². The third-order valence-electron chi connectivity index (χ3n) is 3.44. The van der Waals surface area contributed by atoms with E-state index < -0.39 is 25.8 Å². The summed E-state index contributed by atoms with van der Waals surface area (Å²) in [6, 6.07) is 5.79. The molecule has 0 atom stereocenters. The van der Waals surface area contributed by atoms with Crippen LogP contribution in [-0.4, -0.2) is 30.7 Å². The van der Waals surface area contributed by atoms with Gasteiger partial charge in [0.2, 0.25) is 0 Å². The van der Waals surface area contributed by atoms with Crippen LogP contribution in [0.5, 0.6) is 5.75 Å². The second kappa shape index (κ2) is 7.07. The maximum absolute atomic E-state index is 12.8. The number of alkyl halides is 5. The van der Waals surface area contributed by atoms with Crippen molar-refractivity contribution >= 4 is 5.70 Å². The summed E-state index contributed by atoms with van der Waals surface area (Å²) < 4.78 is 66.7. The lowest BCUT2D eigenvalue weighted by Gasteiger charge is -2.32. The molecule has 0 spiro atoms. The number of rotatable bonds is 5. The van der Waals surface area contributed by atoms with Gasteiger partial charge in [-0.1, -0.05) is 12.7 Å². The van der Waals surface area contributed by atoms with Crippen molar-refractivity contribution in [3.63, 3.8) is 0 Å². The topological polar surface area (TPSA) is 12.5 Å². The minimum Gasteiger partial charge on any atom is -0.484 e. The Hall–Kier alpha value is -2.31. The predicted octanol–water partition coefficient (Wildman–Crippen LogP) is 5.01. The number of halogens is 5. The Kier molecular flexibility index (Phi) is 5.31. The van der Waals surface area contributed by atoms with E-state index in [1.54, 1.807) is 19.1 Å². The van der Waals surface area contributed by atoms with Crippen molar-refractivity contribution in [1.29, 1.82) is 0 Å². The summed E-state index contributed by atoms with van der Waals surface area (Å²) >= 11 is 0. The summed E-state index contributed by atoms with van der Waals surface area (Å²) in [4.78, 5) is 1.39. The lowest BCUT2D eigenvalue weighted by atomic mass is 10.0. The summed E-state index contributed by atoms with van der Waals surface area (Å²) in [5.41, 5.74) is 2.32. The highest BCUT2D eigenvalue weighted by molar-refractivity contribution is 5.71. The van der Waals surface area contributed by atoms with E-state index in [4.69, 9.17) is 0 Å². The van der Waals surface area contributed by atoms with Crippen molar-refractivity contribution in [2.45, 2.75) is 19.5 Å². The fraction of sp³-hybridized carbons (Fsp3) is 0.294. The average Bonchev–Trinajstić information content (AvgIpc) is 2.50. The molecule has 1 aromatic rings. The zero-order valence-electron chi connectivity index (χ0n) is 12.9. The van der Waals surface area contributed by atoms with Gasteiger partial charge < -0.3 is 9.64 Å². The normalized spacial score (nSPS) is 15.5. The molecule has 0 fully saturated rings. The minimum atomic E-state index is -4.42. The Labute approximate surface area is 136 Å². The second-order valence-electron chi connectivity index (χ2n) is 5.28. The Morgan fingerprint density at radius 2 is 1.75 bits per heavy atom. The predicted molar refractivity (Wildman–Crippen MR) is 81.6 cm³/mol. The number of hydrogen-bond donors (Lipinski definition) is 0. The molecule has 0 saturated heterocycles. The zero-order valence-corrected chi connectivity index (χ0v) is 12.9. The zero-order chi connectivity index (χ0) is 17.9. The number of allylic oxidation sites excluding steroid dienone is 3. The van der Waals surface area contributed by atoms with Crippen molar-refractivity contribution in [3.8, 4) is 5.75 Å². The molecule has 1 aliphatic heterocycles. The molecule has 1 heterocycles. The van der Waals surface area contributed by atoms with Gasteiger partial charge in [-0.25, -0.2) is 8.78 Å². The Morgan fingerprint density at radius 3 is 2.29 bits per heavy atom. The smallest absolute Gasteiger partial charge is 0.422 e. The number of hydrogen-bond acceptors (Lipinski definition) is 2. The van der Waals surface area contributed by atoms with E-state index in [0.29, 0.717) is 17.0 Å². The molecular formula is C17H16F5NO. The van der Waals surface area contributed by atoms with Crippen LogP contribution >= 0.6 is 0 Å². The monoisotopic (exact) mass is 345 g/mol. The molecule has 0 unspecified atom stereocenters. The lowest BCUT2D eigenvalue weighted by molar-refractivity contribution is -0.153. The van der Waals surface area contributed by atoms with Crippen molar-refractivity contribution in [1.82, 2.24) is 4.90 Å².